The molecule has 0 bridgehead atoms. The molecule has 0 saturated carbocycles. The lowest BCUT2D eigenvalue weighted by molar-refractivity contribution is 0.118. The molecule has 0 aliphatic carbocycles. The largest absolute Gasteiger partial charge is 0.376 e. The number of nitrogens with one attached hydrogen (secondary N) is 1. The summed E-state index contributed by atoms with van der Waals surface area (Å²) in [6.45, 7) is 3.84. The van der Waals surface area contributed by atoms with E-state index in [-0.39, 0.29) is 0 Å². The Kier molecular flexibility index (Phi) is 3.97. The standard InChI is InChI=1S/C13H21N3O/c1-10-12(6-7-17-10)16(3)13-5-4-11(8-14-2)9-15-13/h4-5,9-10,12,14H,6-8H2,1-3H3. The van der Waals surface area contributed by atoms with Crippen LogP contribution in [0.5, 0.6) is 0 Å². The molecule has 2 atom stereocenters. The summed E-state index contributed by atoms with van der Waals surface area (Å²) in [5.74, 6) is 1.02. The molecule has 1 fully saturated rings. The highest BCUT2D eigenvalue weighted by Crippen LogP contribution is 2.22. The summed E-state index contributed by atoms with van der Waals surface area (Å²) in [6, 6.07) is 4.64. The highest BCUT2D eigenvalue weighted by Gasteiger charge is 2.28. The zero-order valence-corrected chi connectivity index (χ0v) is 10.8. The lowest BCUT2D eigenvalue weighted by Crippen LogP contribution is -2.37. The van der Waals surface area contributed by atoms with Crippen LogP contribution in [0.15, 0.2) is 18.3 Å². The quantitative estimate of drug-likeness (QED) is 0.856. The van der Waals surface area contributed by atoms with Gasteiger partial charge < -0.3 is 15.0 Å². The summed E-state index contributed by atoms with van der Waals surface area (Å²) in [5.41, 5.74) is 1.21. The maximum absolute atomic E-state index is 5.59. The lowest BCUT2D eigenvalue weighted by atomic mass is 10.1. The molecule has 2 rings (SSSR count). The molecule has 17 heavy (non-hydrogen) atoms. The fraction of sp³-hybridized carbons (Fsp3) is 0.615. The summed E-state index contributed by atoms with van der Waals surface area (Å²) in [6.07, 6.45) is 3.30. The predicted octanol–water partition coefficient (Wildman–Crippen LogP) is 1.41. The Bertz CT molecular complexity index is 352. The van der Waals surface area contributed by atoms with Gasteiger partial charge in [-0.1, -0.05) is 6.07 Å². The van der Waals surface area contributed by atoms with Gasteiger partial charge >= 0.3 is 0 Å². The molecule has 2 unspecified atom stereocenters. The number of hydrogen-bond acceptors (Lipinski definition) is 4. The van der Waals surface area contributed by atoms with Crippen LogP contribution in [0.4, 0.5) is 5.82 Å². The van der Waals surface area contributed by atoms with Gasteiger partial charge in [-0.2, -0.15) is 0 Å². The van der Waals surface area contributed by atoms with Gasteiger partial charge in [-0.15, -0.1) is 0 Å². The monoisotopic (exact) mass is 235 g/mol. The van der Waals surface area contributed by atoms with Gasteiger partial charge in [0.05, 0.1) is 12.1 Å². The smallest absolute Gasteiger partial charge is 0.128 e. The average Bonchev–Trinajstić information content (AvgIpc) is 2.76. The Balaban J connectivity index is 2.05. The molecule has 1 aromatic rings. The van der Waals surface area contributed by atoms with Crippen molar-refractivity contribution in [2.75, 3.05) is 25.6 Å². The molecule has 1 N–H and O–H groups in total. The summed E-state index contributed by atoms with van der Waals surface area (Å²) in [7, 11) is 4.04. The second-order valence-electron chi connectivity index (χ2n) is 4.60. The van der Waals surface area contributed by atoms with Crippen molar-refractivity contribution >= 4 is 5.82 Å². The van der Waals surface area contributed by atoms with Crippen LogP contribution in [0.2, 0.25) is 0 Å². The van der Waals surface area contributed by atoms with Crippen LogP contribution in [0, 0.1) is 0 Å². The number of anilines is 1. The van der Waals surface area contributed by atoms with Crippen LogP contribution in [0.25, 0.3) is 0 Å². The normalized spacial score (nSPS) is 23.9. The van der Waals surface area contributed by atoms with Crippen LogP contribution < -0.4 is 10.2 Å². The minimum atomic E-state index is 0.291. The molecular weight excluding hydrogens is 214 g/mol. The van der Waals surface area contributed by atoms with Crippen molar-refractivity contribution in [2.45, 2.75) is 32.0 Å². The lowest BCUT2D eigenvalue weighted by Gasteiger charge is -2.27. The van der Waals surface area contributed by atoms with E-state index < -0.39 is 0 Å². The van der Waals surface area contributed by atoms with Crippen LogP contribution in [-0.2, 0) is 11.3 Å². The number of nitrogens with zero attached hydrogens (tertiary/aromatic N) is 2. The Morgan fingerprint density at radius 3 is 2.88 bits per heavy atom. The zero-order valence-electron chi connectivity index (χ0n) is 10.8. The number of pyridine rings is 1. The van der Waals surface area contributed by atoms with Gasteiger partial charge in [0.25, 0.3) is 0 Å². The summed E-state index contributed by atoms with van der Waals surface area (Å²) < 4.78 is 5.59. The SMILES string of the molecule is CNCc1ccc(N(C)C2CCOC2C)nc1. The fourth-order valence-electron chi connectivity index (χ4n) is 2.33. The molecule has 0 spiro atoms. The Hall–Kier alpha value is -1.13. The molecule has 0 aromatic carbocycles. The number of aromatic nitrogens is 1. The van der Waals surface area contributed by atoms with Gasteiger partial charge in [-0.3, -0.25) is 0 Å². The molecule has 4 heteroatoms. The Morgan fingerprint density at radius 1 is 1.53 bits per heavy atom. The average molecular weight is 235 g/mol. The van der Waals surface area contributed by atoms with Gasteiger partial charge in [0.2, 0.25) is 0 Å². The predicted molar refractivity (Wildman–Crippen MR) is 69.2 cm³/mol. The van der Waals surface area contributed by atoms with Crippen molar-refractivity contribution in [3.05, 3.63) is 23.9 Å². The zero-order chi connectivity index (χ0) is 12.3. The second kappa shape index (κ2) is 5.47. The van der Waals surface area contributed by atoms with Crippen LogP contribution >= 0.6 is 0 Å². The third-order valence-corrected chi connectivity index (χ3v) is 3.39. The van der Waals surface area contributed by atoms with E-state index in [1.165, 1.54) is 5.56 Å². The van der Waals surface area contributed by atoms with Gasteiger partial charge in [0.1, 0.15) is 5.82 Å². The molecular formula is C13H21N3O. The first-order chi connectivity index (χ1) is 8.22. The fourth-order valence-corrected chi connectivity index (χ4v) is 2.33. The van der Waals surface area contributed by atoms with Crippen LogP contribution in [-0.4, -0.2) is 37.8 Å². The molecule has 0 amide bonds. The second-order valence-corrected chi connectivity index (χ2v) is 4.60. The third kappa shape index (κ3) is 2.76. The molecule has 1 saturated heterocycles. The molecule has 1 aliphatic rings. The number of likely N-dealkylation sites (N-methyl/N-ethyl adjacent to an activating group) is 1. The van der Waals surface area contributed by atoms with E-state index >= 15 is 0 Å². The first-order valence-electron chi connectivity index (χ1n) is 6.16. The van der Waals surface area contributed by atoms with E-state index in [1.807, 2.05) is 13.2 Å². The molecule has 0 radical (unpaired) electrons. The minimum absolute atomic E-state index is 0.291. The number of ether oxygens (including phenoxy) is 1. The minimum Gasteiger partial charge on any atom is -0.376 e. The maximum Gasteiger partial charge on any atom is 0.128 e. The van der Waals surface area contributed by atoms with E-state index in [0.29, 0.717) is 12.1 Å². The van der Waals surface area contributed by atoms with Crippen LogP contribution in [0.1, 0.15) is 18.9 Å². The van der Waals surface area contributed by atoms with Crippen molar-refractivity contribution in [2.24, 2.45) is 0 Å². The molecule has 1 aromatic heterocycles. The topological polar surface area (TPSA) is 37.4 Å². The van der Waals surface area contributed by atoms with Crippen molar-refractivity contribution < 1.29 is 4.74 Å². The molecule has 94 valence electrons. The first kappa shape index (κ1) is 12.3. The molecule has 2 heterocycles. The van der Waals surface area contributed by atoms with Gasteiger partial charge in [0.15, 0.2) is 0 Å². The highest BCUT2D eigenvalue weighted by atomic mass is 16.5. The molecule has 1 aliphatic heterocycles. The summed E-state index contributed by atoms with van der Waals surface area (Å²) >= 11 is 0. The van der Waals surface area contributed by atoms with Gasteiger partial charge in [0, 0.05) is 26.4 Å². The first-order valence-corrected chi connectivity index (χ1v) is 6.16. The number of hydrogen-bond donors (Lipinski definition) is 1. The van der Waals surface area contributed by atoms with Crippen LogP contribution in [0.3, 0.4) is 0 Å². The highest BCUT2D eigenvalue weighted by molar-refractivity contribution is 5.40. The summed E-state index contributed by atoms with van der Waals surface area (Å²) in [4.78, 5) is 6.73. The third-order valence-electron chi connectivity index (χ3n) is 3.39. The van der Waals surface area contributed by atoms with Crippen molar-refractivity contribution in [3.8, 4) is 0 Å². The van der Waals surface area contributed by atoms with Crippen molar-refractivity contribution in [1.29, 1.82) is 0 Å². The van der Waals surface area contributed by atoms with E-state index in [4.69, 9.17) is 4.74 Å². The van der Waals surface area contributed by atoms with E-state index in [1.54, 1.807) is 0 Å². The van der Waals surface area contributed by atoms with Crippen molar-refractivity contribution in [1.82, 2.24) is 10.3 Å². The van der Waals surface area contributed by atoms with Gasteiger partial charge in [-0.05, 0) is 32.0 Å². The molecule has 4 nitrogen and oxygen atoms in total. The maximum atomic E-state index is 5.59. The summed E-state index contributed by atoms with van der Waals surface area (Å²) in [5, 5.41) is 3.12. The number of rotatable bonds is 4. The van der Waals surface area contributed by atoms with E-state index in [9.17, 15) is 0 Å². The van der Waals surface area contributed by atoms with E-state index in [2.05, 4.69) is 41.3 Å². The van der Waals surface area contributed by atoms with E-state index in [0.717, 1.165) is 25.4 Å². The van der Waals surface area contributed by atoms with Crippen molar-refractivity contribution in [3.63, 3.8) is 0 Å². The van der Waals surface area contributed by atoms with Gasteiger partial charge in [-0.25, -0.2) is 4.98 Å². The Labute approximate surface area is 103 Å². The Morgan fingerprint density at radius 2 is 2.35 bits per heavy atom.